The molecule has 106 valence electrons. The molecule has 1 unspecified atom stereocenters. The number of aromatic nitrogens is 3. The van der Waals surface area contributed by atoms with Gasteiger partial charge in [0.15, 0.2) is 12.1 Å². The van der Waals surface area contributed by atoms with E-state index >= 15 is 0 Å². The van der Waals surface area contributed by atoms with Crippen LogP contribution in [0.4, 0.5) is 0 Å². The molecule has 7 nitrogen and oxygen atoms in total. The van der Waals surface area contributed by atoms with Crippen LogP contribution in [0.15, 0.2) is 35.8 Å². The van der Waals surface area contributed by atoms with Gasteiger partial charge in [0.2, 0.25) is 0 Å². The van der Waals surface area contributed by atoms with Gasteiger partial charge in [-0.25, -0.2) is 9.97 Å². The highest BCUT2D eigenvalue weighted by atomic mass is 16.3. The number of oxazole rings is 1. The molecule has 1 aliphatic carbocycles. The van der Waals surface area contributed by atoms with Crippen LogP contribution in [-0.4, -0.2) is 37.7 Å². The molecule has 1 saturated carbocycles. The van der Waals surface area contributed by atoms with Crippen LogP contribution >= 0.6 is 0 Å². The van der Waals surface area contributed by atoms with Gasteiger partial charge in [-0.1, -0.05) is 0 Å². The van der Waals surface area contributed by atoms with Crippen LogP contribution in [0.5, 0.6) is 0 Å². The highest BCUT2D eigenvalue weighted by molar-refractivity contribution is 5.92. The maximum atomic E-state index is 11.9. The summed E-state index contributed by atoms with van der Waals surface area (Å²) < 4.78 is 6.76. The van der Waals surface area contributed by atoms with Crippen LogP contribution in [0.1, 0.15) is 23.3 Å². The van der Waals surface area contributed by atoms with Crippen molar-refractivity contribution < 1.29 is 14.3 Å². The summed E-state index contributed by atoms with van der Waals surface area (Å²) in [5.74, 6) is 0.00731. The number of nitrogens with zero attached hydrogens (tertiary/aromatic N) is 3. The van der Waals surface area contributed by atoms with Crippen molar-refractivity contribution in [3.63, 3.8) is 0 Å². The molecule has 2 heterocycles. The molecule has 0 aliphatic heterocycles. The fraction of sp³-hybridized carbons (Fsp3) is 0.462. The minimum absolute atomic E-state index is 0.232. The van der Waals surface area contributed by atoms with E-state index in [1.54, 1.807) is 12.5 Å². The van der Waals surface area contributed by atoms with Crippen LogP contribution < -0.4 is 5.32 Å². The summed E-state index contributed by atoms with van der Waals surface area (Å²) in [7, 11) is 0. The third-order valence-corrected chi connectivity index (χ3v) is 3.64. The number of carbonyl (C=O) groups excluding carboxylic acids is 1. The highest BCUT2D eigenvalue weighted by Crippen LogP contribution is 2.27. The van der Waals surface area contributed by atoms with Gasteiger partial charge in [-0.2, -0.15) is 0 Å². The van der Waals surface area contributed by atoms with E-state index in [-0.39, 0.29) is 17.6 Å². The Morgan fingerprint density at radius 3 is 3.15 bits per heavy atom. The number of nitrogens with one attached hydrogen (secondary N) is 1. The average Bonchev–Trinajstić information content (AvgIpc) is 3.14. The third-order valence-electron chi connectivity index (χ3n) is 3.64. The lowest BCUT2D eigenvalue weighted by molar-refractivity contribution is 0.0868. The van der Waals surface area contributed by atoms with E-state index in [1.807, 2.05) is 10.8 Å². The molecule has 1 fully saturated rings. The topological polar surface area (TPSA) is 93.2 Å². The van der Waals surface area contributed by atoms with E-state index in [9.17, 15) is 9.90 Å². The summed E-state index contributed by atoms with van der Waals surface area (Å²) in [6, 6.07) is -0.243. The van der Waals surface area contributed by atoms with Crippen molar-refractivity contribution in [2.24, 2.45) is 5.92 Å². The normalized spacial score (nSPS) is 25.8. The first-order valence-corrected chi connectivity index (χ1v) is 6.55. The Labute approximate surface area is 115 Å². The highest BCUT2D eigenvalue weighted by Gasteiger charge is 2.34. The van der Waals surface area contributed by atoms with Crippen LogP contribution in [0.3, 0.4) is 0 Å². The van der Waals surface area contributed by atoms with Gasteiger partial charge in [-0.05, 0) is 18.8 Å². The minimum Gasteiger partial charge on any atom is -0.451 e. The van der Waals surface area contributed by atoms with Crippen LogP contribution in [0.2, 0.25) is 0 Å². The van der Waals surface area contributed by atoms with Gasteiger partial charge >= 0.3 is 0 Å². The molecule has 0 radical (unpaired) electrons. The lowest BCUT2D eigenvalue weighted by Gasteiger charge is -2.15. The summed E-state index contributed by atoms with van der Waals surface area (Å²) in [6.07, 6.45) is 8.77. The Morgan fingerprint density at radius 2 is 2.45 bits per heavy atom. The quantitative estimate of drug-likeness (QED) is 0.845. The predicted octanol–water partition coefficient (Wildman–Crippen LogP) is 0.441. The summed E-state index contributed by atoms with van der Waals surface area (Å²) in [4.78, 5) is 19.7. The first-order valence-electron chi connectivity index (χ1n) is 6.55. The number of amides is 1. The Balaban J connectivity index is 1.57. The molecule has 1 aliphatic rings. The number of imidazole rings is 1. The molecule has 2 aromatic heterocycles. The van der Waals surface area contributed by atoms with Crippen molar-refractivity contribution >= 4 is 5.91 Å². The SMILES string of the molecule is O=C(N[C@@H]1CC(Cn2ccnc2)C[C@H]1O)c1cocn1. The van der Waals surface area contributed by atoms with Gasteiger partial charge < -0.3 is 19.4 Å². The monoisotopic (exact) mass is 276 g/mol. The maximum absolute atomic E-state index is 11.9. The zero-order valence-electron chi connectivity index (χ0n) is 10.8. The lowest BCUT2D eigenvalue weighted by atomic mass is 10.1. The van der Waals surface area contributed by atoms with Crippen molar-refractivity contribution in [2.75, 3.05) is 0 Å². The number of carbonyl (C=O) groups is 1. The molecule has 2 aromatic rings. The van der Waals surface area contributed by atoms with Gasteiger partial charge in [-0.15, -0.1) is 0 Å². The number of hydrogen-bond donors (Lipinski definition) is 2. The molecule has 3 rings (SSSR count). The number of hydrogen-bond acceptors (Lipinski definition) is 5. The molecule has 0 saturated heterocycles. The summed E-state index contributed by atoms with van der Waals surface area (Å²) in [5, 5.41) is 12.9. The van der Waals surface area contributed by atoms with E-state index in [0.717, 1.165) is 13.0 Å². The van der Waals surface area contributed by atoms with E-state index in [0.29, 0.717) is 12.3 Å². The molecular weight excluding hydrogens is 260 g/mol. The van der Waals surface area contributed by atoms with Gasteiger partial charge in [0.1, 0.15) is 6.26 Å². The van der Waals surface area contributed by atoms with Crippen molar-refractivity contribution in [3.8, 4) is 0 Å². The minimum atomic E-state index is -0.528. The molecule has 7 heteroatoms. The van der Waals surface area contributed by atoms with Gasteiger partial charge in [-0.3, -0.25) is 4.79 Å². The fourth-order valence-electron chi connectivity index (χ4n) is 2.68. The zero-order valence-corrected chi connectivity index (χ0v) is 10.8. The van der Waals surface area contributed by atoms with E-state index in [1.165, 1.54) is 12.7 Å². The third kappa shape index (κ3) is 2.72. The summed E-state index contributed by atoms with van der Waals surface area (Å²) in [6.45, 7) is 0.799. The molecular formula is C13H16N4O3. The molecule has 0 aromatic carbocycles. The Kier molecular flexibility index (Phi) is 3.51. The van der Waals surface area contributed by atoms with Crippen molar-refractivity contribution in [2.45, 2.75) is 31.5 Å². The largest absolute Gasteiger partial charge is 0.451 e. The van der Waals surface area contributed by atoms with Crippen LogP contribution in [0, 0.1) is 5.92 Å². The average molecular weight is 276 g/mol. The standard InChI is InChI=1S/C13H16N4O3/c18-12-4-9(5-17-2-1-14-7-17)3-10(12)16-13(19)11-6-20-8-15-11/h1-2,6-10,12,18H,3-5H2,(H,16,19)/t9?,10-,12-/m1/s1. The molecule has 0 spiro atoms. The maximum Gasteiger partial charge on any atom is 0.273 e. The number of aliphatic hydroxyl groups is 1. The van der Waals surface area contributed by atoms with Crippen molar-refractivity contribution in [1.82, 2.24) is 19.9 Å². The Hall–Kier alpha value is -2.15. The summed E-state index contributed by atoms with van der Waals surface area (Å²) >= 11 is 0. The lowest BCUT2D eigenvalue weighted by Crippen LogP contribution is -2.40. The first kappa shape index (κ1) is 12.9. The zero-order chi connectivity index (χ0) is 13.9. The number of aliphatic hydroxyl groups excluding tert-OH is 1. The van der Waals surface area contributed by atoms with E-state index < -0.39 is 6.10 Å². The molecule has 2 N–H and O–H groups in total. The second kappa shape index (κ2) is 5.46. The second-order valence-corrected chi connectivity index (χ2v) is 5.12. The van der Waals surface area contributed by atoms with Gasteiger partial charge in [0, 0.05) is 18.9 Å². The fourth-order valence-corrected chi connectivity index (χ4v) is 2.68. The van der Waals surface area contributed by atoms with Crippen LogP contribution in [0.25, 0.3) is 0 Å². The van der Waals surface area contributed by atoms with Gasteiger partial charge in [0.25, 0.3) is 5.91 Å². The molecule has 1 amide bonds. The number of rotatable bonds is 4. The van der Waals surface area contributed by atoms with Crippen LogP contribution in [-0.2, 0) is 6.54 Å². The molecule has 0 bridgehead atoms. The summed E-state index contributed by atoms with van der Waals surface area (Å²) in [5.41, 5.74) is 0.232. The molecule has 20 heavy (non-hydrogen) atoms. The Bertz CT molecular complexity index is 552. The smallest absolute Gasteiger partial charge is 0.273 e. The van der Waals surface area contributed by atoms with Crippen molar-refractivity contribution in [1.29, 1.82) is 0 Å². The van der Waals surface area contributed by atoms with Gasteiger partial charge in [0.05, 0.1) is 18.5 Å². The Morgan fingerprint density at radius 1 is 1.55 bits per heavy atom. The molecule has 3 atom stereocenters. The predicted molar refractivity (Wildman–Crippen MR) is 68.7 cm³/mol. The van der Waals surface area contributed by atoms with Crippen molar-refractivity contribution in [3.05, 3.63) is 37.1 Å². The first-order chi connectivity index (χ1) is 9.72. The second-order valence-electron chi connectivity index (χ2n) is 5.12. The van der Waals surface area contributed by atoms with E-state index in [4.69, 9.17) is 4.42 Å². The van der Waals surface area contributed by atoms with E-state index in [2.05, 4.69) is 15.3 Å².